The van der Waals surface area contributed by atoms with Crippen LogP contribution in [0.5, 0.6) is 0 Å². The lowest BCUT2D eigenvalue weighted by Gasteiger charge is -2.43. The molecule has 1 aliphatic rings. The molecule has 0 saturated heterocycles. The van der Waals surface area contributed by atoms with E-state index in [1.165, 1.54) is 17.7 Å². The maximum Gasteiger partial charge on any atom is 0.335 e. The number of hydrogen-bond acceptors (Lipinski definition) is 2. The summed E-state index contributed by atoms with van der Waals surface area (Å²) in [5.41, 5.74) is 3.65. The van der Waals surface area contributed by atoms with Gasteiger partial charge < -0.3 is 5.11 Å². The minimum Gasteiger partial charge on any atom is -0.478 e. The van der Waals surface area contributed by atoms with Gasteiger partial charge in [-0.15, -0.1) is 0 Å². The summed E-state index contributed by atoms with van der Waals surface area (Å²) in [6.07, 6.45) is 2.09. The highest BCUT2D eigenvalue weighted by atomic mass is 79.9. The van der Waals surface area contributed by atoms with Crippen molar-refractivity contribution in [2.24, 2.45) is 0 Å². The van der Waals surface area contributed by atoms with Crippen LogP contribution in [-0.4, -0.2) is 16.9 Å². The quantitative estimate of drug-likeness (QED) is 0.652. The molecule has 0 bridgehead atoms. The molecule has 0 fully saturated rings. The van der Waals surface area contributed by atoms with Crippen LogP contribution >= 0.6 is 15.9 Å². The standard InChI is InChI=1S/C22H23BrO3/c1-21(2)9-10-22(3,4)18-16(11-15(23)12-17(18)21)19(24)13-5-7-14(8-6-13)20(25)26/h5-8,11-12H,9-10H2,1-4H3,(H,25,26). The first-order valence-corrected chi connectivity index (χ1v) is 9.55. The van der Waals surface area contributed by atoms with Crippen LogP contribution in [0.4, 0.5) is 0 Å². The van der Waals surface area contributed by atoms with Gasteiger partial charge in [-0.25, -0.2) is 4.79 Å². The molecule has 2 aromatic rings. The molecule has 0 heterocycles. The Morgan fingerprint density at radius 1 is 0.923 bits per heavy atom. The van der Waals surface area contributed by atoms with E-state index in [1.807, 2.05) is 6.07 Å². The second-order valence-corrected chi connectivity index (χ2v) is 9.27. The van der Waals surface area contributed by atoms with Gasteiger partial charge in [0.25, 0.3) is 0 Å². The molecule has 0 spiro atoms. The molecule has 0 aliphatic heterocycles. The zero-order valence-electron chi connectivity index (χ0n) is 15.5. The lowest BCUT2D eigenvalue weighted by molar-refractivity contribution is 0.0696. The van der Waals surface area contributed by atoms with Gasteiger partial charge in [-0.1, -0.05) is 55.8 Å². The summed E-state index contributed by atoms with van der Waals surface area (Å²) in [6, 6.07) is 10.2. The first-order chi connectivity index (χ1) is 12.0. The first kappa shape index (κ1) is 18.8. The summed E-state index contributed by atoms with van der Waals surface area (Å²) in [4.78, 5) is 24.3. The smallest absolute Gasteiger partial charge is 0.335 e. The molecule has 0 unspecified atom stereocenters. The van der Waals surface area contributed by atoms with Gasteiger partial charge in [0.05, 0.1) is 5.56 Å². The molecule has 26 heavy (non-hydrogen) atoms. The van der Waals surface area contributed by atoms with E-state index in [9.17, 15) is 9.59 Å². The third-order valence-electron chi connectivity index (χ3n) is 5.52. The van der Waals surface area contributed by atoms with E-state index >= 15 is 0 Å². The van der Waals surface area contributed by atoms with Crippen LogP contribution in [0.15, 0.2) is 40.9 Å². The number of fused-ring (bicyclic) bond motifs is 1. The van der Waals surface area contributed by atoms with Crippen molar-refractivity contribution in [1.82, 2.24) is 0 Å². The van der Waals surface area contributed by atoms with Crippen molar-refractivity contribution in [3.63, 3.8) is 0 Å². The topological polar surface area (TPSA) is 54.4 Å². The average Bonchev–Trinajstić information content (AvgIpc) is 2.57. The highest BCUT2D eigenvalue weighted by molar-refractivity contribution is 9.10. The predicted molar refractivity (Wildman–Crippen MR) is 106 cm³/mol. The fraction of sp³-hybridized carbons (Fsp3) is 0.364. The lowest BCUT2D eigenvalue weighted by Crippen LogP contribution is -2.35. The second-order valence-electron chi connectivity index (χ2n) is 8.36. The SMILES string of the molecule is CC1(C)CCC(C)(C)c2c(C(=O)c3ccc(C(=O)O)cc3)cc(Br)cc21. The van der Waals surface area contributed by atoms with Gasteiger partial charge in [-0.3, -0.25) is 4.79 Å². The normalized spacial score (nSPS) is 17.4. The Morgan fingerprint density at radius 3 is 2.04 bits per heavy atom. The Kier molecular flexibility index (Phi) is 4.60. The van der Waals surface area contributed by atoms with Gasteiger partial charge in [-0.2, -0.15) is 0 Å². The van der Waals surface area contributed by atoms with E-state index < -0.39 is 5.97 Å². The van der Waals surface area contributed by atoms with Crippen LogP contribution in [0, 0.1) is 0 Å². The first-order valence-electron chi connectivity index (χ1n) is 8.75. The number of carbonyl (C=O) groups is 2. The zero-order valence-corrected chi connectivity index (χ0v) is 17.1. The maximum absolute atomic E-state index is 13.3. The van der Waals surface area contributed by atoms with Crippen LogP contribution in [0.1, 0.15) is 77.9 Å². The van der Waals surface area contributed by atoms with Crippen LogP contribution in [0.2, 0.25) is 0 Å². The zero-order chi connectivity index (χ0) is 19.3. The van der Waals surface area contributed by atoms with E-state index in [2.05, 4.69) is 49.7 Å². The van der Waals surface area contributed by atoms with Crippen LogP contribution in [-0.2, 0) is 10.8 Å². The van der Waals surface area contributed by atoms with Crippen molar-refractivity contribution < 1.29 is 14.7 Å². The Labute approximate surface area is 162 Å². The molecule has 0 atom stereocenters. The Morgan fingerprint density at radius 2 is 1.46 bits per heavy atom. The Balaban J connectivity index is 2.18. The number of ketones is 1. The van der Waals surface area contributed by atoms with Crippen LogP contribution in [0.3, 0.4) is 0 Å². The number of carboxylic acids is 1. The fourth-order valence-corrected chi connectivity index (χ4v) is 4.31. The number of hydrogen-bond donors (Lipinski definition) is 1. The summed E-state index contributed by atoms with van der Waals surface area (Å²) >= 11 is 3.57. The van der Waals surface area contributed by atoms with Gasteiger partial charge in [0.1, 0.15) is 0 Å². The molecule has 3 rings (SSSR count). The highest BCUT2D eigenvalue weighted by Gasteiger charge is 2.40. The van der Waals surface area contributed by atoms with Gasteiger partial charge in [0, 0.05) is 15.6 Å². The minimum absolute atomic E-state index is 0.0107. The predicted octanol–water partition coefficient (Wildman–Crippen LogP) is 5.73. The van der Waals surface area contributed by atoms with Crippen LogP contribution in [0.25, 0.3) is 0 Å². The molecule has 1 aliphatic carbocycles. The molecular formula is C22H23BrO3. The Bertz CT molecular complexity index is 892. The minimum atomic E-state index is -0.994. The molecule has 1 N–H and O–H groups in total. The summed E-state index contributed by atoms with van der Waals surface area (Å²) in [5, 5.41) is 9.06. The van der Waals surface area contributed by atoms with Gasteiger partial charge in [0.2, 0.25) is 0 Å². The van der Waals surface area contributed by atoms with E-state index in [4.69, 9.17) is 5.11 Å². The molecule has 3 nitrogen and oxygen atoms in total. The van der Waals surface area contributed by atoms with Crippen molar-refractivity contribution in [3.05, 3.63) is 68.7 Å². The monoisotopic (exact) mass is 414 g/mol. The number of aromatic carboxylic acids is 1. The molecule has 0 amide bonds. The van der Waals surface area contributed by atoms with E-state index in [1.54, 1.807) is 12.1 Å². The largest absolute Gasteiger partial charge is 0.478 e. The van der Waals surface area contributed by atoms with Crippen molar-refractivity contribution in [2.75, 3.05) is 0 Å². The number of carbonyl (C=O) groups excluding carboxylic acids is 1. The molecular weight excluding hydrogens is 392 g/mol. The van der Waals surface area contributed by atoms with E-state index in [-0.39, 0.29) is 22.2 Å². The molecule has 0 aromatic heterocycles. The number of benzene rings is 2. The van der Waals surface area contributed by atoms with Crippen molar-refractivity contribution in [3.8, 4) is 0 Å². The summed E-state index contributed by atoms with van der Waals surface area (Å²) < 4.78 is 0.896. The summed E-state index contributed by atoms with van der Waals surface area (Å²) in [6.45, 7) is 8.84. The molecule has 4 heteroatoms. The molecule has 0 saturated carbocycles. The Hall–Kier alpha value is -1.94. The van der Waals surface area contributed by atoms with Gasteiger partial charge in [-0.05, 0) is 59.1 Å². The second kappa shape index (κ2) is 6.34. The molecule has 0 radical (unpaired) electrons. The van der Waals surface area contributed by atoms with Crippen molar-refractivity contribution >= 4 is 27.7 Å². The average molecular weight is 415 g/mol. The van der Waals surface area contributed by atoms with Crippen molar-refractivity contribution in [2.45, 2.75) is 51.4 Å². The van der Waals surface area contributed by atoms with E-state index in [0.717, 1.165) is 22.9 Å². The summed E-state index contributed by atoms with van der Waals surface area (Å²) in [7, 11) is 0. The van der Waals surface area contributed by atoms with Gasteiger partial charge in [0.15, 0.2) is 5.78 Å². The number of rotatable bonds is 3. The number of halogens is 1. The third-order valence-corrected chi connectivity index (χ3v) is 5.98. The van der Waals surface area contributed by atoms with Crippen molar-refractivity contribution in [1.29, 1.82) is 0 Å². The number of carboxylic acid groups (broad SMARTS) is 1. The summed E-state index contributed by atoms with van der Waals surface area (Å²) in [5.74, 6) is -1.06. The lowest BCUT2D eigenvalue weighted by atomic mass is 9.61. The van der Waals surface area contributed by atoms with E-state index in [0.29, 0.717) is 11.1 Å². The highest BCUT2D eigenvalue weighted by Crippen LogP contribution is 2.48. The third kappa shape index (κ3) is 3.23. The fourth-order valence-electron chi connectivity index (χ4n) is 3.85. The molecule has 2 aromatic carbocycles. The van der Waals surface area contributed by atoms with Gasteiger partial charge >= 0.3 is 5.97 Å². The van der Waals surface area contributed by atoms with Crippen LogP contribution < -0.4 is 0 Å². The molecule has 136 valence electrons. The maximum atomic E-state index is 13.3.